The molecule has 0 bridgehead atoms. The largest absolute Gasteiger partial charge is 0.468 e. The number of aromatic nitrogens is 1. The van der Waals surface area contributed by atoms with Gasteiger partial charge in [-0.05, 0) is 25.1 Å². The zero-order valence-corrected chi connectivity index (χ0v) is 16.7. The quantitative estimate of drug-likeness (QED) is 0.609. The van der Waals surface area contributed by atoms with E-state index < -0.39 is 11.9 Å². The molecule has 3 aromatic rings. The lowest BCUT2D eigenvalue weighted by Gasteiger charge is -2.07. The standard InChI is InChI=1S/C21H19N3O4S/c1-13-6-8-14(9-7-13)21-24-17(12-29-21)20(27)23-16-5-3-4-15(10-16)19(26)22-11-18(25)28-2/h3-10,12H,11H2,1-2H3,(H,22,26)(H,23,27). The molecule has 1 heterocycles. The van der Waals surface area contributed by atoms with Crippen molar-refractivity contribution in [3.05, 3.63) is 70.7 Å². The SMILES string of the molecule is COC(=O)CNC(=O)c1cccc(NC(=O)c2csc(-c3ccc(C)cc3)n2)c1. The first kappa shape index (κ1) is 20.2. The molecular weight excluding hydrogens is 390 g/mol. The molecule has 0 saturated carbocycles. The highest BCUT2D eigenvalue weighted by molar-refractivity contribution is 7.13. The number of carbonyl (C=O) groups is 3. The van der Waals surface area contributed by atoms with Crippen molar-refractivity contribution in [3.8, 4) is 10.6 Å². The van der Waals surface area contributed by atoms with Crippen molar-refractivity contribution < 1.29 is 19.1 Å². The summed E-state index contributed by atoms with van der Waals surface area (Å²) in [5.41, 5.74) is 3.16. The molecule has 2 amide bonds. The minimum Gasteiger partial charge on any atom is -0.468 e. The lowest BCUT2D eigenvalue weighted by molar-refractivity contribution is -0.139. The van der Waals surface area contributed by atoms with Crippen LogP contribution in [0, 0.1) is 6.92 Å². The second kappa shape index (κ2) is 9.11. The third-order valence-corrected chi connectivity index (χ3v) is 4.93. The number of methoxy groups -OCH3 is 1. The van der Waals surface area contributed by atoms with E-state index >= 15 is 0 Å². The van der Waals surface area contributed by atoms with Crippen molar-refractivity contribution in [1.82, 2.24) is 10.3 Å². The fourth-order valence-corrected chi connectivity index (χ4v) is 3.27. The predicted molar refractivity (Wildman–Crippen MR) is 111 cm³/mol. The molecule has 0 fully saturated rings. The predicted octanol–water partition coefficient (Wildman–Crippen LogP) is 3.27. The van der Waals surface area contributed by atoms with Gasteiger partial charge in [0, 0.05) is 22.2 Å². The zero-order chi connectivity index (χ0) is 20.8. The van der Waals surface area contributed by atoms with Crippen molar-refractivity contribution in [2.24, 2.45) is 0 Å². The topological polar surface area (TPSA) is 97.4 Å². The number of aryl methyl sites for hydroxylation is 1. The van der Waals surface area contributed by atoms with Crippen LogP contribution in [-0.4, -0.2) is 36.4 Å². The van der Waals surface area contributed by atoms with E-state index in [-0.39, 0.29) is 12.5 Å². The van der Waals surface area contributed by atoms with Gasteiger partial charge in [0.25, 0.3) is 11.8 Å². The van der Waals surface area contributed by atoms with Crippen molar-refractivity contribution in [1.29, 1.82) is 0 Å². The molecule has 0 unspecified atom stereocenters. The van der Waals surface area contributed by atoms with Gasteiger partial charge in [-0.2, -0.15) is 0 Å². The van der Waals surface area contributed by atoms with Gasteiger partial charge in [0.2, 0.25) is 0 Å². The number of nitrogens with zero attached hydrogens (tertiary/aromatic N) is 1. The maximum Gasteiger partial charge on any atom is 0.325 e. The number of anilines is 1. The number of thiazole rings is 1. The fraction of sp³-hybridized carbons (Fsp3) is 0.143. The van der Waals surface area contributed by atoms with Crippen LogP contribution in [0.15, 0.2) is 53.9 Å². The van der Waals surface area contributed by atoms with Crippen molar-refractivity contribution >= 4 is 34.8 Å². The Hall–Kier alpha value is -3.52. The fourth-order valence-electron chi connectivity index (χ4n) is 2.47. The molecule has 2 N–H and O–H groups in total. The molecule has 7 nitrogen and oxygen atoms in total. The summed E-state index contributed by atoms with van der Waals surface area (Å²) in [4.78, 5) is 40.2. The molecule has 0 aliphatic carbocycles. The Morgan fingerprint density at radius 3 is 2.55 bits per heavy atom. The van der Waals surface area contributed by atoms with Crippen LogP contribution in [0.5, 0.6) is 0 Å². The summed E-state index contributed by atoms with van der Waals surface area (Å²) in [6, 6.07) is 14.3. The Kier molecular flexibility index (Phi) is 6.36. The summed E-state index contributed by atoms with van der Waals surface area (Å²) in [7, 11) is 1.24. The molecule has 0 aliphatic heterocycles. The van der Waals surface area contributed by atoms with E-state index in [4.69, 9.17) is 0 Å². The molecule has 2 aromatic carbocycles. The lowest BCUT2D eigenvalue weighted by atomic mass is 10.2. The van der Waals surface area contributed by atoms with Gasteiger partial charge in [0.15, 0.2) is 0 Å². The highest BCUT2D eigenvalue weighted by Gasteiger charge is 2.14. The number of amides is 2. The summed E-state index contributed by atoms with van der Waals surface area (Å²) >= 11 is 1.39. The Labute approximate surface area is 171 Å². The second-order valence-corrected chi connectivity index (χ2v) is 7.06. The number of ether oxygens (including phenoxy) is 1. The maximum absolute atomic E-state index is 12.5. The van der Waals surface area contributed by atoms with Crippen LogP contribution in [0.2, 0.25) is 0 Å². The Morgan fingerprint density at radius 1 is 1.07 bits per heavy atom. The number of hydrogen-bond acceptors (Lipinski definition) is 6. The minimum absolute atomic E-state index is 0.230. The second-order valence-electron chi connectivity index (χ2n) is 6.20. The van der Waals surface area contributed by atoms with Crippen molar-refractivity contribution in [2.75, 3.05) is 19.0 Å². The molecule has 29 heavy (non-hydrogen) atoms. The average molecular weight is 409 g/mol. The molecule has 0 spiro atoms. The van der Waals surface area contributed by atoms with Gasteiger partial charge in [-0.25, -0.2) is 4.98 Å². The Morgan fingerprint density at radius 2 is 1.83 bits per heavy atom. The summed E-state index contributed by atoms with van der Waals surface area (Å²) < 4.78 is 4.48. The van der Waals surface area contributed by atoms with E-state index in [1.807, 2.05) is 31.2 Å². The van der Waals surface area contributed by atoms with Crippen LogP contribution in [-0.2, 0) is 9.53 Å². The van der Waals surface area contributed by atoms with Crippen LogP contribution < -0.4 is 10.6 Å². The lowest BCUT2D eigenvalue weighted by Crippen LogP contribution is -2.30. The first-order valence-corrected chi connectivity index (χ1v) is 9.63. The first-order valence-electron chi connectivity index (χ1n) is 8.75. The van der Waals surface area contributed by atoms with E-state index in [1.165, 1.54) is 24.5 Å². The maximum atomic E-state index is 12.5. The zero-order valence-electron chi connectivity index (χ0n) is 15.9. The van der Waals surface area contributed by atoms with Crippen LogP contribution >= 0.6 is 11.3 Å². The normalized spacial score (nSPS) is 10.3. The van der Waals surface area contributed by atoms with Gasteiger partial charge in [-0.15, -0.1) is 11.3 Å². The minimum atomic E-state index is -0.546. The van der Waals surface area contributed by atoms with Gasteiger partial charge < -0.3 is 15.4 Å². The number of carbonyl (C=O) groups excluding carboxylic acids is 3. The van der Waals surface area contributed by atoms with Gasteiger partial charge in [0.1, 0.15) is 17.2 Å². The molecule has 1 aromatic heterocycles. The monoisotopic (exact) mass is 409 g/mol. The highest BCUT2D eigenvalue weighted by Crippen LogP contribution is 2.24. The average Bonchev–Trinajstić information content (AvgIpc) is 3.23. The van der Waals surface area contributed by atoms with Crippen LogP contribution in [0.1, 0.15) is 26.4 Å². The van der Waals surface area contributed by atoms with Crippen molar-refractivity contribution in [2.45, 2.75) is 6.92 Å². The van der Waals surface area contributed by atoms with Gasteiger partial charge in [-0.3, -0.25) is 14.4 Å². The molecule has 3 rings (SSSR count). The highest BCUT2D eigenvalue weighted by atomic mass is 32.1. The number of rotatable bonds is 6. The van der Waals surface area contributed by atoms with Crippen LogP contribution in [0.3, 0.4) is 0 Å². The van der Waals surface area contributed by atoms with Crippen LogP contribution in [0.4, 0.5) is 5.69 Å². The number of nitrogens with one attached hydrogen (secondary N) is 2. The number of hydrogen-bond donors (Lipinski definition) is 2. The van der Waals surface area contributed by atoms with E-state index in [2.05, 4.69) is 20.4 Å². The smallest absolute Gasteiger partial charge is 0.325 e. The van der Waals surface area contributed by atoms with Crippen molar-refractivity contribution in [3.63, 3.8) is 0 Å². The van der Waals surface area contributed by atoms with Gasteiger partial charge in [0.05, 0.1) is 7.11 Å². The molecule has 0 saturated heterocycles. The van der Waals surface area contributed by atoms with E-state index in [1.54, 1.807) is 23.6 Å². The van der Waals surface area contributed by atoms with E-state index in [0.29, 0.717) is 16.9 Å². The number of esters is 1. The summed E-state index contributed by atoms with van der Waals surface area (Å²) in [5, 5.41) is 7.64. The Bertz CT molecular complexity index is 1040. The first-order chi connectivity index (χ1) is 14.0. The summed E-state index contributed by atoms with van der Waals surface area (Å²) in [6.45, 7) is 1.78. The number of benzene rings is 2. The van der Waals surface area contributed by atoms with E-state index in [9.17, 15) is 14.4 Å². The van der Waals surface area contributed by atoms with Gasteiger partial charge in [-0.1, -0.05) is 35.9 Å². The van der Waals surface area contributed by atoms with Gasteiger partial charge >= 0.3 is 5.97 Å². The van der Waals surface area contributed by atoms with E-state index in [0.717, 1.165) is 16.1 Å². The summed E-state index contributed by atoms with van der Waals surface area (Å²) in [6.07, 6.45) is 0. The van der Waals surface area contributed by atoms with Crippen LogP contribution in [0.25, 0.3) is 10.6 Å². The molecule has 0 aliphatic rings. The molecule has 0 radical (unpaired) electrons. The molecule has 148 valence electrons. The molecular formula is C21H19N3O4S. The summed E-state index contributed by atoms with van der Waals surface area (Å²) in [5.74, 6) is -1.36. The third kappa shape index (κ3) is 5.26. The Balaban J connectivity index is 1.67. The molecule has 0 atom stereocenters. The molecule has 8 heteroatoms. The third-order valence-electron chi connectivity index (χ3n) is 4.04.